The summed E-state index contributed by atoms with van der Waals surface area (Å²) in [6.45, 7) is 3.17. The third-order valence-corrected chi connectivity index (χ3v) is 2.72. The van der Waals surface area contributed by atoms with Gasteiger partial charge in [-0.15, -0.1) is 0 Å². The summed E-state index contributed by atoms with van der Waals surface area (Å²) in [5.41, 5.74) is 4.77. The van der Waals surface area contributed by atoms with Gasteiger partial charge in [-0.05, 0) is 26.3 Å². The van der Waals surface area contributed by atoms with Crippen LogP contribution >= 0.6 is 0 Å². The SMILES string of the molecule is CC(O)(CN)C1CCCCCN1. The molecular formula is C9H20N2O. The van der Waals surface area contributed by atoms with E-state index in [1.54, 1.807) is 0 Å². The maximum atomic E-state index is 9.89. The molecular weight excluding hydrogens is 152 g/mol. The minimum absolute atomic E-state index is 0.185. The van der Waals surface area contributed by atoms with Gasteiger partial charge in [-0.2, -0.15) is 0 Å². The molecule has 0 aromatic rings. The first-order valence-corrected chi connectivity index (χ1v) is 4.82. The Morgan fingerprint density at radius 2 is 2.25 bits per heavy atom. The van der Waals surface area contributed by atoms with Gasteiger partial charge < -0.3 is 16.2 Å². The number of aliphatic hydroxyl groups is 1. The molecule has 0 amide bonds. The first kappa shape index (κ1) is 9.96. The van der Waals surface area contributed by atoms with Gasteiger partial charge in [0.2, 0.25) is 0 Å². The molecule has 0 aromatic heterocycles. The first-order valence-electron chi connectivity index (χ1n) is 4.82. The molecule has 1 saturated heterocycles. The summed E-state index contributed by atoms with van der Waals surface area (Å²) in [4.78, 5) is 0. The zero-order valence-corrected chi connectivity index (χ0v) is 7.84. The Bertz CT molecular complexity index is 128. The van der Waals surface area contributed by atoms with Gasteiger partial charge in [0, 0.05) is 12.6 Å². The molecule has 1 fully saturated rings. The van der Waals surface area contributed by atoms with E-state index in [0.717, 1.165) is 13.0 Å². The van der Waals surface area contributed by atoms with Crippen molar-refractivity contribution < 1.29 is 5.11 Å². The molecule has 3 heteroatoms. The molecule has 72 valence electrons. The lowest BCUT2D eigenvalue weighted by Crippen LogP contribution is -2.52. The standard InChI is InChI=1S/C9H20N2O/c1-9(12,7-10)8-5-3-2-4-6-11-8/h8,11-12H,2-7,10H2,1H3. The Hall–Kier alpha value is -0.120. The van der Waals surface area contributed by atoms with Gasteiger partial charge in [-0.3, -0.25) is 0 Å². The van der Waals surface area contributed by atoms with Crippen LogP contribution in [0.4, 0.5) is 0 Å². The Morgan fingerprint density at radius 1 is 1.50 bits per heavy atom. The maximum Gasteiger partial charge on any atom is 0.0893 e. The van der Waals surface area contributed by atoms with Crippen LogP contribution in [-0.2, 0) is 0 Å². The minimum atomic E-state index is -0.732. The van der Waals surface area contributed by atoms with Crippen LogP contribution in [-0.4, -0.2) is 29.8 Å². The lowest BCUT2D eigenvalue weighted by molar-refractivity contribution is 0.0264. The Balaban J connectivity index is 2.47. The molecule has 1 heterocycles. The molecule has 0 aromatic carbocycles. The maximum absolute atomic E-state index is 9.89. The third-order valence-electron chi connectivity index (χ3n) is 2.72. The van der Waals surface area contributed by atoms with Gasteiger partial charge >= 0.3 is 0 Å². The van der Waals surface area contributed by atoms with Crippen LogP contribution in [0.15, 0.2) is 0 Å². The monoisotopic (exact) mass is 172 g/mol. The minimum Gasteiger partial charge on any atom is -0.387 e. The summed E-state index contributed by atoms with van der Waals surface area (Å²) in [6.07, 6.45) is 4.74. The number of rotatable bonds is 2. The van der Waals surface area contributed by atoms with Crippen LogP contribution in [0, 0.1) is 0 Å². The quantitative estimate of drug-likeness (QED) is 0.559. The molecule has 0 saturated carbocycles. The van der Waals surface area contributed by atoms with Crippen LogP contribution < -0.4 is 11.1 Å². The van der Waals surface area contributed by atoms with Crippen molar-refractivity contribution in [2.45, 2.75) is 44.2 Å². The first-order chi connectivity index (χ1) is 5.67. The van der Waals surface area contributed by atoms with Gasteiger partial charge in [-0.1, -0.05) is 12.8 Å². The van der Waals surface area contributed by atoms with Crippen LogP contribution in [0.25, 0.3) is 0 Å². The normalized spacial score (nSPS) is 30.8. The topological polar surface area (TPSA) is 58.3 Å². The third kappa shape index (κ3) is 2.44. The van der Waals surface area contributed by atoms with Crippen molar-refractivity contribution in [1.82, 2.24) is 5.32 Å². The predicted octanol–water partition coefficient (Wildman–Crippen LogP) is 0.228. The van der Waals surface area contributed by atoms with Crippen molar-refractivity contribution in [2.24, 2.45) is 5.73 Å². The molecule has 0 bridgehead atoms. The second-order valence-electron chi connectivity index (χ2n) is 3.92. The summed E-state index contributed by atoms with van der Waals surface area (Å²) in [7, 11) is 0. The van der Waals surface area contributed by atoms with E-state index in [2.05, 4.69) is 5.32 Å². The summed E-state index contributed by atoms with van der Waals surface area (Å²) < 4.78 is 0. The fraction of sp³-hybridized carbons (Fsp3) is 1.00. The summed E-state index contributed by atoms with van der Waals surface area (Å²) >= 11 is 0. The van der Waals surface area contributed by atoms with Crippen molar-refractivity contribution in [3.05, 3.63) is 0 Å². The average molecular weight is 172 g/mol. The fourth-order valence-corrected chi connectivity index (χ4v) is 1.70. The van der Waals surface area contributed by atoms with Crippen molar-refractivity contribution in [3.63, 3.8) is 0 Å². The highest BCUT2D eigenvalue weighted by molar-refractivity contribution is 4.89. The summed E-state index contributed by atoms with van der Waals surface area (Å²) in [6, 6.07) is 0.185. The zero-order valence-electron chi connectivity index (χ0n) is 7.84. The number of nitrogens with two attached hydrogens (primary N) is 1. The van der Waals surface area contributed by atoms with E-state index in [-0.39, 0.29) is 6.04 Å². The Morgan fingerprint density at radius 3 is 2.92 bits per heavy atom. The van der Waals surface area contributed by atoms with Gasteiger partial charge in [0.25, 0.3) is 0 Å². The van der Waals surface area contributed by atoms with Crippen LogP contribution in [0.3, 0.4) is 0 Å². The molecule has 12 heavy (non-hydrogen) atoms. The molecule has 1 rings (SSSR count). The average Bonchev–Trinajstić information content (AvgIpc) is 2.32. The van der Waals surface area contributed by atoms with Crippen molar-refractivity contribution >= 4 is 0 Å². The lowest BCUT2D eigenvalue weighted by atomic mass is 9.93. The van der Waals surface area contributed by atoms with Crippen molar-refractivity contribution in [1.29, 1.82) is 0 Å². The highest BCUT2D eigenvalue weighted by Crippen LogP contribution is 2.17. The smallest absolute Gasteiger partial charge is 0.0893 e. The van der Waals surface area contributed by atoms with Crippen molar-refractivity contribution in [3.8, 4) is 0 Å². The van der Waals surface area contributed by atoms with E-state index in [1.165, 1.54) is 19.3 Å². The number of nitrogens with one attached hydrogen (secondary N) is 1. The zero-order chi connectivity index (χ0) is 9.03. The number of hydrogen-bond acceptors (Lipinski definition) is 3. The largest absolute Gasteiger partial charge is 0.387 e. The molecule has 2 unspecified atom stereocenters. The van der Waals surface area contributed by atoms with E-state index in [0.29, 0.717) is 6.54 Å². The van der Waals surface area contributed by atoms with E-state index in [1.807, 2.05) is 6.92 Å². The number of hydrogen-bond donors (Lipinski definition) is 3. The van der Waals surface area contributed by atoms with E-state index in [4.69, 9.17) is 5.73 Å². The lowest BCUT2D eigenvalue weighted by Gasteiger charge is -2.31. The van der Waals surface area contributed by atoms with E-state index < -0.39 is 5.60 Å². The summed E-state index contributed by atoms with van der Waals surface area (Å²) in [5.74, 6) is 0. The molecule has 2 atom stereocenters. The van der Waals surface area contributed by atoms with Gasteiger partial charge in [0.1, 0.15) is 0 Å². The highest BCUT2D eigenvalue weighted by Gasteiger charge is 2.30. The van der Waals surface area contributed by atoms with Crippen LogP contribution in [0.2, 0.25) is 0 Å². The van der Waals surface area contributed by atoms with Crippen LogP contribution in [0.1, 0.15) is 32.6 Å². The van der Waals surface area contributed by atoms with Crippen LogP contribution in [0.5, 0.6) is 0 Å². The molecule has 0 radical (unpaired) electrons. The second kappa shape index (κ2) is 4.21. The fourth-order valence-electron chi connectivity index (χ4n) is 1.70. The van der Waals surface area contributed by atoms with E-state index in [9.17, 15) is 5.11 Å². The van der Waals surface area contributed by atoms with E-state index >= 15 is 0 Å². The second-order valence-corrected chi connectivity index (χ2v) is 3.92. The highest BCUT2D eigenvalue weighted by atomic mass is 16.3. The Kier molecular flexibility index (Phi) is 3.50. The molecule has 4 N–H and O–H groups in total. The molecule has 1 aliphatic rings. The predicted molar refractivity (Wildman–Crippen MR) is 49.9 cm³/mol. The van der Waals surface area contributed by atoms with Gasteiger partial charge in [0.15, 0.2) is 0 Å². The molecule has 3 nitrogen and oxygen atoms in total. The molecule has 1 aliphatic heterocycles. The van der Waals surface area contributed by atoms with Gasteiger partial charge in [-0.25, -0.2) is 0 Å². The summed E-state index contributed by atoms with van der Waals surface area (Å²) in [5, 5.41) is 13.2. The Labute approximate surface area is 74.3 Å². The van der Waals surface area contributed by atoms with Crippen molar-refractivity contribution in [2.75, 3.05) is 13.1 Å². The molecule has 0 spiro atoms. The van der Waals surface area contributed by atoms with Gasteiger partial charge in [0.05, 0.1) is 5.60 Å². The molecule has 0 aliphatic carbocycles.